The van der Waals surface area contributed by atoms with Crippen LogP contribution in [0.4, 0.5) is 5.69 Å². The molecule has 0 saturated heterocycles. The van der Waals surface area contributed by atoms with Crippen LogP contribution in [0.5, 0.6) is 0 Å². The van der Waals surface area contributed by atoms with Crippen molar-refractivity contribution in [2.24, 2.45) is 11.7 Å². The zero-order valence-corrected chi connectivity index (χ0v) is 18.4. The van der Waals surface area contributed by atoms with Crippen LogP contribution in [0.15, 0.2) is 53.4 Å². The van der Waals surface area contributed by atoms with E-state index in [9.17, 15) is 9.59 Å². The molecular formula is C23H31N3O2S. The molecule has 156 valence electrons. The van der Waals surface area contributed by atoms with E-state index in [-0.39, 0.29) is 30.2 Å². The van der Waals surface area contributed by atoms with Gasteiger partial charge in [0.15, 0.2) is 0 Å². The Labute approximate surface area is 177 Å². The molecule has 6 heteroatoms. The molecule has 0 bridgehead atoms. The Hall–Kier alpha value is -2.31. The maximum absolute atomic E-state index is 12.5. The number of carbonyl (C=O) groups is 2. The molecule has 0 heterocycles. The second kappa shape index (κ2) is 11.0. The number of amides is 2. The lowest BCUT2D eigenvalue weighted by molar-refractivity contribution is -0.116. The molecule has 2 aromatic carbocycles. The minimum Gasteiger partial charge on any atom is -0.369 e. The van der Waals surface area contributed by atoms with Crippen LogP contribution in [-0.2, 0) is 9.59 Å². The van der Waals surface area contributed by atoms with E-state index in [1.807, 2.05) is 24.3 Å². The fourth-order valence-electron chi connectivity index (χ4n) is 3.07. The Kier molecular flexibility index (Phi) is 8.73. The van der Waals surface area contributed by atoms with Crippen LogP contribution in [0.1, 0.15) is 50.8 Å². The van der Waals surface area contributed by atoms with Crippen molar-refractivity contribution in [3.63, 3.8) is 0 Å². The lowest BCUT2D eigenvalue weighted by Gasteiger charge is -2.23. The standard InChI is InChI=1S/C23H31N3O2S/c1-15(2)17-9-11-18(12-10-17)23(16(3)4)25-13-22(28)26-19-7-5-6-8-20(19)29-14-21(24)27/h5-12,15-16,23,25H,13-14H2,1-4H3,(H2,24,27)(H,26,28)/t23-/m1/s1. The maximum atomic E-state index is 12.5. The molecule has 1 atom stereocenters. The predicted octanol–water partition coefficient (Wildman–Crippen LogP) is 4.31. The van der Waals surface area contributed by atoms with Crippen molar-refractivity contribution < 1.29 is 9.59 Å². The van der Waals surface area contributed by atoms with Crippen LogP contribution in [0.3, 0.4) is 0 Å². The maximum Gasteiger partial charge on any atom is 0.238 e. The smallest absolute Gasteiger partial charge is 0.238 e. The molecule has 2 aromatic rings. The van der Waals surface area contributed by atoms with Gasteiger partial charge >= 0.3 is 0 Å². The number of thioether (sulfide) groups is 1. The number of nitrogens with one attached hydrogen (secondary N) is 2. The highest BCUT2D eigenvalue weighted by Crippen LogP contribution is 2.27. The van der Waals surface area contributed by atoms with E-state index in [0.29, 0.717) is 17.5 Å². The van der Waals surface area contributed by atoms with Gasteiger partial charge in [-0.05, 0) is 35.1 Å². The number of hydrogen-bond donors (Lipinski definition) is 3. The van der Waals surface area contributed by atoms with E-state index in [1.165, 1.54) is 22.9 Å². The Balaban J connectivity index is 2.00. The third-order valence-corrected chi connectivity index (χ3v) is 5.74. The summed E-state index contributed by atoms with van der Waals surface area (Å²) < 4.78 is 0. The molecule has 0 spiro atoms. The van der Waals surface area contributed by atoms with Crippen molar-refractivity contribution in [1.82, 2.24) is 5.32 Å². The summed E-state index contributed by atoms with van der Waals surface area (Å²) in [5, 5.41) is 6.31. The van der Waals surface area contributed by atoms with Gasteiger partial charge in [-0.1, -0.05) is 64.1 Å². The Bertz CT molecular complexity index is 819. The first-order chi connectivity index (χ1) is 13.8. The normalized spacial score (nSPS) is 12.2. The molecule has 0 saturated carbocycles. The van der Waals surface area contributed by atoms with E-state index in [1.54, 1.807) is 0 Å². The van der Waals surface area contributed by atoms with Crippen molar-refractivity contribution >= 4 is 29.3 Å². The van der Waals surface area contributed by atoms with Crippen molar-refractivity contribution in [2.45, 2.75) is 44.6 Å². The zero-order chi connectivity index (χ0) is 21.4. The average molecular weight is 414 g/mol. The summed E-state index contributed by atoms with van der Waals surface area (Å²) in [6, 6.07) is 16.1. The molecule has 0 fully saturated rings. The summed E-state index contributed by atoms with van der Waals surface area (Å²) in [6.45, 7) is 8.83. The first kappa shape index (κ1) is 23.0. The molecule has 0 aliphatic carbocycles. The summed E-state index contributed by atoms with van der Waals surface area (Å²) in [5.74, 6) is 0.494. The zero-order valence-electron chi connectivity index (χ0n) is 17.6. The second-order valence-electron chi connectivity index (χ2n) is 7.72. The van der Waals surface area contributed by atoms with Gasteiger partial charge in [-0.2, -0.15) is 0 Å². The lowest BCUT2D eigenvalue weighted by atomic mass is 9.93. The van der Waals surface area contributed by atoms with Gasteiger partial charge in [0.05, 0.1) is 18.0 Å². The van der Waals surface area contributed by atoms with Gasteiger partial charge in [-0.15, -0.1) is 11.8 Å². The van der Waals surface area contributed by atoms with Crippen LogP contribution in [-0.4, -0.2) is 24.1 Å². The Morgan fingerprint density at radius 1 is 0.966 bits per heavy atom. The van der Waals surface area contributed by atoms with Crippen LogP contribution in [0.25, 0.3) is 0 Å². The van der Waals surface area contributed by atoms with Gasteiger partial charge in [0.2, 0.25) is 11.8 Å². The monoisotopic (exact) mass is 413 g/mol. The molecule has 4 N–H and O–H groups in total. The topological polar surface area (TPSA) is 84.2 Å². The molecule has 5 nitrogen and oxygen atoms in total. The summed E-state index contributed by atoms with van der Waals surface area (Å²) in [6.07, 6.45) is 0. The summed E-state index contributed by atoms with van der Waals surface area (Å²) in [4.78, 5) is 24.4. The molecule has 2 rings (SSSR count). The molecule has 0 aliphatic heterocycles. The van der Waals surface area contributed by atoms with Gasteiger partial charge in [0.25, 0.3) is 0 Å². The van der Waals surface area contributed by atoms with Crippen molar-refractivity contribution in [3.05, 3.63) is 59.7 Å². The third kappa shape index (κ3) is 7.22. The SMILES string of the molecule is CC(C)c1ccc([C@H](NCC(=O)Nc2ccccc2SCC(N)=O)C(C)C)cc1. The summed E-state index contributed by atoms with van der Waals surface area (Å²) in [5.41, 5.74) is 8.39. The van der Waals surface area contributed by atoms with Crippen molar-refractivity contribution in [1.29, 1.82) is 0 Å². The number of anilines is 1. The van der Waals surface area contributed by atoms with Crippen LogP contribution >= 0.6 is 11.8 Å². The first-order valence-corrected chi connectivity index (χ1v) is 10.9. The molecule has 0 aromatic heterocycles. The third-order valence-electron chi connectivity index (χ3n) is 4.64. The van der Waals surface area contributed by atoms with Gasteiger partial charge in [0, 0.05) is 10.9 Å². The average Bonchev–Trinajstić information content (AvgIpc) is 2.67. The first-order valence-electron chi connectivity index (χ1n) is 9.91. The van der Waals surface area contributed by atoms with E-state index < -0.39 is 0 Å². The predicted molar refractivity (Wildman–Crippen MR) is 121 cm³/mol. The van der Waals surface area contributed by atoms with E-state index in [0.717, 1.165) is 4.90 Å². The number of benzene rings is 2. The highest BCUT2D eigenvalue weighted by molar-refractivity contribution is 8.00. The number of hydrogen-bond acceptors (Lipinski definition) is 4. The van der Waals surface area contributed by atoms with Crippen LogP contribution < -0.4 is 16.4 Å². The fraction of sp³-hybridized carbons (Fsp3) is 0.391. The number of para-hydroxylation sites is 1. The van der Waals surface area contributed by atoms with Gasteiger partial charge < -0.3 is 16.4 Å². The molecule has 2 amide bonds. The summed E-state index contributed by atoms with van der Waals surface area (Å²) >= 11 is 1.32. The number of primary amides is 1. The van der Waals surface area contributed by atoms with Gasteiger partial charge in [-0.3, -0.25) is 9.59 Å². The van der Waals surface area contributed by atoms with Gasteiger partial charge in [0.1, 0.15) is 0 Å². The molecule has 0 unspecified atom stereocenters. The van der Waals surface area contributed by atoms with Crippen LogP contribution in [0.2, 0.25) is 0 Å². The fourth-order valence-corrected chi connectivity index (χ4v) is 3.82. The largest absolute Gasteiger partial charge is 0.369 e. The minimum atomic E-state index is -0.388. The molecular weight excluding hydrogens is 382 g/mol. The van der Waals surface area contributed by atoms with Crippen molar-refractivity contribution in [3.8, 4) is 0 Å². The minimum absolute atomic E-state index is 0.0847. The summed E-state index contributed by atoms with van der Waals surface area (Å²) in [7, 11) is 0. The van der Waals surface area contributed by atoms with Gasteiger partial charge in [-0.25, -0.2) is 0 Å². The van der Waals surface area contributed by atoms with Crippen molar-refractivity contribution in [2.75, 3.05) is 17.6 Å². The van der Waals surface area contributed by atoms with E-state index >= 15 is 0 Å². The number of nitrogens with two attached hydrogens (primary N) is 1. The quantitative estimate of drug-likeness (QED) is 0.507. The second-order valence-corrected chi connectivity index (χ2v) is 8.74. The molecule has 0 aliphatic rings. The highest BCUT2D eigenvalue weighted by Gasteiger charge is 2.17. The Morgan fingerprint density at radius 2 is 1.59 bits per heavy atom. The van der Waals surface area contributed by atoms with E-state index in [4.69, 9.17) is 5.73 Å². The number of carbonyl (C=O) groups excluding carboxylic acids is 2. The van der Waals surface area contributed by atoms with E-state index in [2.05, 4.69) is 62.6 Å². The molecule has 0 radical (unpaired) electrons. The highest BCUT2D eigenvalue weighted by atomic mass is 32.2. The number of rotatable bonds is 10. The lowest BCUT2D eigenvalue weighted by Crippen LogP contribution is -2.33. The Morgan fingerprint density at radius 3 is 2.17 bits per heavy atom. The molecule has 29 heavy (non-hydrogen) atoms. The van der Waals surface area contributed by atoms with Crippen LogP contribution in [0, 0.1) is 5.92 Å².